The number of benzene rings is 3. The fourth-order valence-electron chi connectivity index (χ4n) is 4.91. The van der Waals surface area contributed by atoms with Crippen LogP contribution in [0.15, 0.2) is 60.7 Å². The topological polar surface area (TPSA) is 83.8 Å². The van der Waals surface area contributed by atoms with E-state index in [2.05, 4.69) is 54.1 Å². The molecule has 4 aromatic rings. The number of nitrogens with one attached hydrogen (secondary N) is 1. The minimum atomic E-state index is -0.339. The first-order valence-corrected chi connectivity index (χ1v) is 14.2. The first-order chi connectivity index (χ1) is 19.9. The number of para-hydroxylation sites is 2. The van der Waals surface area contributed by atoms with Gasteiger partial charge in [-0.25, -0.2) is 4.98 Å². The molecule has 0 radical (unpaired) electrons. The third-order valence-electron chi connectivity index (χ3n) is 7.45. The van der Waals surface area contributed by atoms with E-state index in [0.717, 1.165) is 48.4 Å². The van der Waals surface area contributed by atoms with Crippen molar-refractivity contribution in [1.29, 1.82) is 0 Å². The number of fused-ring (bicyclic) bond motifs is 1. The maximum Gasteiger partial charge on any atom is 0.252 e. The van der Waals surface area contributed by atoms with Crippen LogP contribution in [0.5, 0.6) is 23.0 Å². The zero-order chi connectivity index (χ0) is 29.4. The van der Waals surface area contributed by atoms with Crippen LogP contribution in [-0.2, 0) is 6.54 Å². The van der Waals surface area contributed by atoms with Crippen LogP contribution in [0.2, 0.25) is 0 Å². The number of aromatic nitrogens is 2. The smallest absolute Gasteiger partial charge is 0.252 e. The Labute approximate surface area is 242 Å². The summed E-state index contributed by atoms with van der Waals surface area (Å²) in [6.07, 6.45) is 2.93. The Hall–Kier alpha value is -4.20. The van der Waals surface area contributed by atoms with Gasteiger partial charge in [-0.1, -0.05) is 38.1 Å². The van der Waals surface area contributed by atoms with Crippen LogP contribution in [0.3, 0.4) is 0 Å². The Balaban J connectivity index is 1.43. The molecule has 0 aliphatic rings. The summed E-state index contributed by atoms with van der Waals surface area (Å²) in [5, 5.41) is 3.09. The zero-order valence-corrected chi connectivity index (χ0v) is 24.9. The highest BCUT2D eigenvalue weighted by Crippen LogP contribution is 2.38. The highest BCUT2D eigenvalue weighted by Gasteiger charge is 2.22. The van der Waals surface area contributed by atoms with Crippen LogP contribution >= 0.6 is 0 Å². The van der Waals surface area contributed by atoms with Gasteiger partial charge < -0.3 is 28.8 Å². The number of ether oxygens (including phenoxy) is 4. The number of unbranched alkanes of at least 4 members (excludes halogenated alkanes) is 1. The molecule has 0 spiro atoms. The molecule has 1 amide bonds. The van der Waals surface area contributed by atoms with E-state index in [-0.39, 0.29) is 11.9 Å². The van der Waals surface area contributed by atoms with Gasteiger partial charge in [0.2, 0.25) is 5.75 Å². The molecule has 3 aromatic carbocycles. The van der Waals surface area contributed by atoms with Crippen molar-refractivity contribution < 1.29 is 23.7 Å². The molecule has 0 bridgehead atoms. The molecule has 0 aliphatic carbocycles. The summed E-state index contributed by atoms with van der Waals surface area (Å²) in [6, 6.07) is 19.4. The van der Waals surface area contributed by atoms with Gasteiger partial charge in [0, 0.05) is 12.1 Å². The Morgan fingerprint density at radius 2 is 1.61 bits per heavy atom. The molecule has 8 heteroatoms. The average Bonchev–Trinajstić information content (AvgIpc) is 3.38. The van der Waals surface area contributed by atoms with Crippen LogP contribution < -0.4 is 24.3 Å². The third kappa shape index (κ3) is 6.93. The van der Waals surface area contributed by atoms with E-state index in [4.69, 9.17) is 23.9 Å². The normalized spacial score (nSPS) is 12.5. The molecule has 218 valence electrons. The Morgan fingerprint density at radius 3 is 2.24 bits per heavy atom. The number of nitrogens with zero attached hydrogens (tertiary/aromatic N) is 2. The molecule has 0 saturated carbocycles. The number of methoxy groups -OCH3 is 3. The third-order valence-corrected chi connectivity index (χ3v) is 7.45. The number of imidazole rings is 1. The lowest BCUT2D eigenvalue weighted by atomic mass is 9.99. The summed E-state index contributed by atoms with van der Waals surface area (Å²) >= 11 is 0. The molecule has 1 heterocycles. The highest BCUT2D eigenvalue weighted by molar-refractivity contribution is 5.96. The maximum atomic E-state index is 13.3. The van der Waals surface area contributed by atoms with Gasteiger partial charge >= 0.3 is 0 Å². The van der Waals surface area contributed by atoms with Crippen LogP contribution in [0.25, 0.3) is 11.0 Å². The lowest BCUT2D eigenvalue weighted by Gasteiger charge is -2.18. The molecule has 2 unspecified atom stereocenters. The van der Waals surface area contributed by atoms with E-state index in [0.29, 0.717) is 35.3 Å². The summed E-state index contributed by atoms with van der Waals surface area (Å²) in [6.45, 7) is 7.78. The van der Waals surface area contributed by atoms with Gasteiger partial charge in [0.15, 0.2) is 11.5 Å². The first kappa shape index (κ1) is 29.8. The fourth-order valence-corrected chi connectivity index (χ4v) is 4.91. The van der Waals surface area contributed by atoms with Crippen molar-refractivity contribution in [3.8, 4) is 23.0 Å². The first-order valence-electron chi connectivity index (χ1n) is 14.2. The number of carbonyl (C=O) groups excluding carboxylic acids is 1. The summed E-state index contributed by atoms with van der Waals surface area (Å²) in [4.78, 5) is 18.2. The van der Waals surface area contributed by atoms with Crippen molar-refractivity contribution in [1.82, 2.24) is 14.9 Å². The molecule has 41 heavy (non-hydrogen) atoms. The van der Waals surface area contributed by atoms with E-state index < -0.39 is 0 Å². The molecule has 2 atom stereocenters. The highest BCUT2D eigenvalue weighted by atomic mass is 16.5. The van der Waals surface area contributed by atoms with Gasteiger partial charge in [-0.05, 0) is 74.1 Å². The fraction of sp³-hybridized carbons (Fsp3) is 0.394. The molecule has 8 nitrogen and oxygen atoms in total. The largest absolute Gasteiger partial charge is 0.494 e. The maximum absolute atomic E-state index is 13.3. The van der Waals surface area contributed by atoms with Gasteiger partial charge in [-0.3, -0.25) is 4.79 Å². The van der Waals surface area contributed by atoms with Gasteiger partial charge in [0.25, 0.3) is 5.91 Å². The predicted molar refractivity (Wildman–Crippen MR) is 162 cm³/mol. The second-order valence-corrected chi connectivity index (χ2v) is 10.2. The van der Waals surface area contributed by atoms with Crippen LogP contribution in [0.1, 0.15) is 73.7 Å². The van der Waals surface area contributed by atoms with Gasteiger partial charge in [0.05, 0.1) is 45.0 Å². The van der Waals surface area contributed by atoms with Crippen molar-refractivity contribution in [3.63, 3.8) is 0 Å². The summed E-state index contributed by atoms with van der Waals surface area (Å²) in [7, 11) is 4.58. The minimum Gasteiger partial charge on any atom is -0.494 e. The molecular weight excluding hydrogens is 518 g/mol. The summed E-state index contributed by atoms with van der Waals surface area (Å²) in [5.41, 5.74) is 3.68. The van der Waals surface area contributed by atoms with E-state index in [1.165, 1.54) is 26.9 Å². The molecule has 0 fully saturated rings. The van der Waals surface area contributed by atoms with Crippen molar-refractivity contribution in [3.05, 3.63) is 77.6 Å². The lowest BCUT2D eigenvalue weighted by Crippen LogP contribution is -2.29. The zero-order valence-electron chi connectivity index (χ0n) is 24.9. The lowest BCUT2D eigenvalue weighted by molar-refractivity contribution is 0.0936. The standard InChI is InChI=1S/C33H41N3O5/c1-7-22(2)24-14-16-26(17-15-24)41-19-11-10-18-36-28-13-9-8-12-27(28)35-32(36)23(3)34-33(37)25-20-29(38-4)31(40-6)30(21-25)39-5/h8-9,12-17,20-23H,7,10-11,18-19H2,1-6H3,(H,34,37). The minimum absolute atomic E-state index is 0.261. The Kier molecular flexibility index (Phi) is 10.1. The quantitative estimate of drug-likeness (QED) is 0.169. The molecule has 0 saturated heterocycles. The number of carbonyl (C=O) groups is 1. The summed E-state index contributed by atoms with van der Waals surface area (Å²) in [5.74, 6) is 3.27. The van der Waals surface area contributed by atoms with Crippen molar-refractivity contribution in [2.45, 2.75) is 58.5 Å². The van der Waals surface area contributed by atoms with Crippen molar-refractivity contribution >= 4 is 16.9 Å². The van der Waals surface area contributed by atoms with Gasteiger partial charge in [-0.2, -0.15) is 0 Å². The summed E-state index contributed by atoms with van der Waals surface area (Å²) < 4.78 is 24.4. The molecule has 4 rings (SSSR count). The van der Waals surface area contributed by atoms with E-state index >= 15 is 0 Å². The van der Waals surface area contributed by atoms with Gasteiger partial charge in [-0.15, -0.1) is 0 Å². The second kappa shape index (κ2) is 13.9. The van der Waals surface area contributed by atoms with Crippen molar-refractivity contribution in [2.75, 3.05) is 27.9 Å². The van der Waals surface area contributed by atoms with Gasteiger partial charge in [0.1, 0.15) is 11.6 Å². The second-order valence-electron chi connectivity index (χ2n) is 10.2. The Morgan fingerprint density at radius 1 is 0.927 bits per heavy atom. The SMILES string of the molecule is CCC(C)c1ccc(OCCCCn2c(C(C)NC(=O)c3cc(OC)c(OC)c(OC)c3)nc3ccccc32)cc1. The van der Waals surface area contributed by atoms with Crippen LogP contribution in [0, 0.1) is 0 Å². The van der Waals surface area contributed by atoms with Crippen molar-refractivity contribution in [2.24, 2.45) is 0 Å². The monoisotopic (exact) mass is 559 g/mol. The van der Waals surface area contributed by atoms with Crippen LogP contribution in [0.4, 0.5) is 0 Å². The number of aryl methyl sites for hydroxylation is 1. The predicted octanol–water partition coefficient (Wildman–Crippen LogP) is 6.93. The van der Waals surface area contributed by atoms with E-state index in [9.17, 15) is 4.79 Å². The van der Waals surface area contributed by atoms with E-state index in [1.54, 1.807) is 12.1 Å². The number of amides is 1. The molecular formula is C33H41N3O5. The number of hydrogen-bond donors (Lipinski definition) is 1. The number of rotatable bonds is 14. The average molecular weight is 560 g/mol. The molecule has 0 aliphatic heterocycles. The number of hydrogen-bond acceptors (Lipinski definition) is 6. The Bertz CT molecular complexity index is 1420. The molecule has 1 N–H and O–H groups in total. The molecule has 1 aromatic heterocycles. The van der Waals surface area contributed by atoms with E-state index in [1.807, 2.05) is 25.1 Å². The van der Waals surface area contributed by atoms with Crippen LogP contribution in [-0.4, -0.2) is 43.4 Å².